The third-order valence-electron chi connectivity index (χ3n) is 4.80. The van der Waals surface area contributed by atoms with E-state index in [2.05, 4.69) is 15.6 Å². The highest BCUT2D eigenvalue weighted by Gasteiger charge is 2.32. The van der Waals surface area contributed by atoms with Gasteiger partial charge in [-0.15, -0.1) is 0 Å². The number of carbonyl (C=O) groups excluding carboxylic acids is 2. The van der Waals surface area contributed by atoms with Crippen molar-refractivity contribution in [2.45, 2.75) is 18.2 Å². The van der Waals surface area contributed by atoms with Gasteiger partial charge in [0.2, 0.25) is 11.8 Å². The Balaban J connectivity index is 1.39. The quantitative estimate of drug-likeness (QED) is 0.634. The number of carbonyl (C=O) groups is 2. The van der Waals surface area contributed by atoms with Crippen molar-refractivity contribution in [3.63, 3.8) is 0 Å². The number of para-hydroxylation sites is 1. The van der Waals surface area contributed by atoms with Gasteiger partial charge in [0.05, 0.1) is 13.7 Å². The van der Waals surface area contributed by atoms with Crippen LogP contribution in [0.2, 0.25) is 0 Å². The van der Waals surface area contributed by atoms with E-state index in [0.29, 0.717) is 11.7 Å². The Kier molecular flexibility index (Phi) is 5.99. The molecule has 0 bridgehead atoms. The average Bonchev–Trinajstić information content (AvgIpc) is 3.11. The summed E-state index contributed by atoms with van der Waals surface area (Å²) in [5.41, 5.74) is 1.67. The van der Waals surface area contributed by atoms with E-state index in [0.717, 1.165) is 27.8 Å². The molecule has 152 valence electrons. The summed E-state index contributed by atoms with van der Waals surface area (Å²) in [7, 11) is 1.61. The molecule has 1 aliphatic rings. The number of nitrogens with zero attached hydrogens (tertiary/aromatic N) is 1. The summed E-state index contributed by atoms with van der Waals surface area (Å²) in [6, 6.07) is 21.2. The van der Waals surface area contributed by atoms with Gasteiger partial charge >= 0.3 is 0 Å². The van der Waals surface area contributed by atoms with Crippen molar-refractivity contribution < 1.29 is 14.3 Å². The van der Waals surface area contributed by atoms with Crippen LogP contribution < -0.4 is 15.4 Å². The molecule has 0 radical (unpaired) electrons. The molecule has 0 aromatic heterocycles. The first-order valence-electron chi connectivity index (χ1n) is 9.55. The van der Waals surface area contributed by atoms with E-state index in [4.69, 9.17) is 4.74 Å². The molecular weight excluding hydrogens is 398 g/mol. The van der Waals surface area contributed by atoms with E-state index in [1.54, 1.807) is 7.11 Å². The number of aliphatic imine (C=N–C) groups is 1. The van der Waals surface area contributed by atoms with E-state index >= 15 is 0 Å². The van der Waals surface area contributed by atoms with Crippen molar-refractivity contribution in [2.24, 2.45) is 4.99 Å². The SMILES string of the molecule is COc1ccccc1CN=C1NC(=O)C(CC(=O)Nc2cccc3ccccc23)S1. The van der Waals surface area contributed by atoms with Crippen LogP contribution in [0.25, 0.3) is 10.8 Å². The number of nitrogens with one attached hydrogen (secondary N) is 2. The van der Waals surface area contributed by atoms with Gasteiger partial charge in [0.1, 0.15) is 11.0 Å². The summed E-state index contributed by atoms with van der Waals surface area (Å²) >= 11 is 1.28. The molecule has 1 atom stereocenters. The van der Waals surface area contributed by atoms with Crippen molar-refractivity contribution in [3.05, 3.63) is 72.3 Å². The van der Waals surface area contributed by atoms with Crippen molar-refractivity contribution in [3.8, 4) is 5.75 Å². The van der Waals surface area contributed by atoms with Crippen LogP contribution in [-0.4, -0.2) is 29.3 Å². The number of amides is 2. The van der Waals surface area contributed by atoms with Gasteiger partial charge in [-0.2, -0.15) is 0 Å². The Morgan fingerprint density at radius 3 is 2.73 bits per heavy atom. The zero-order valence-electron chi connectivity index (χ0n) is 16.4. The fraction of sp³-hybridized carbons (Fsp3) is 0.174. The molecule has 6 nitrogen and oxygen atoms in total. The monoisotopic (exact) mass is 419 g/mol. The first-order chi connectivity index (χ1) is 14.6. The van der Waals surface area contributed by atoms with Crippen LogP contribution in [0, 0.1) is 0 Å². The third kappa shape index (κ3) is 4.46. The smallest absolute Gasteiger partial charge is 0.240 e. The lowest BCUT2D eigenvalue weighted by atomic mass is 10.1. The highest BCUT2D eigenvalue weighted by molar-refractivity contribution is 8.15. The number of hydrogen-bond donors (Lipinski definition) is 2. The first kappa shape index (κ1) is 20.0. The van der Waals surface area contributed by atoms with Gasteiger partial charge in [-0.25, -0.2) is 0 Å². The molecule has 1 unspecified atom stereocenters. The predicted molar refractivity (Wildman–Crippen MR) is 121 cm³/mol. The maximum Gasteiger partial charge on any atom is 0.240 e. The maximum atomic E-state index is 12.6. The van der Waals surface area contributed by atoms with Gasteiger partial charge in [-0.1, -0.05) is 66.4 Å². The minimum Gasteiger partial charge on any atom is -0.496 e. The van der Waals surface area contributed by atoms with E-state index < -0.39 is 5.25 Å². The van der Waals surface area contributed by atoms with Crippen LogP contribution in [0.5, 0.6) is 5.75 Å². The molecule has 1 fully saturated rings. The van der Waals surface area contributed by atoms with Crippen LogP contribution >= 0.6 is 11.8 Å². The fourth-order valence-corrected chi connectivity index (χ4v) is 4.28. The molecule has 0 aliphatic carbocycles. The molecule has 1 heterocycles. The van der Waals surface area contributed by atoms with Crippen LogP contribution in [-0.2, 0) is 16.1 Å². The van der Waals surface area contributed by atoms with Gasteiger partial charge in [0.25, 0.3) is 0 Å². The van der Waals surface area contributed by atoms with Crippen LogP contribution in [0.3, 0.4) is 0 Å². The number of fused-ring (bicyclic) bond motifs is 1. The van der Waals surface area contributed by atoms with Gasteiger partial charge < -0.3 is 15.4 Å². The van der Waals surface area contributed by atoms with Crippen molar-refractivity contribution in [1.29, 1.82) is 0 Å². The summed E-state index contributed by atoms with van der Waals surface area (Å²) in [5.74, 6) is 0.346. The van der Waals surface area contributed by atoms with E-state index in [1.807, 2.05) is 66.7 Å². The fourth-order valence-electron chi connectivity index (χ4n) is 3.31. The van der Waals surface area contributed by atoms with Crippen LogP contribution in [0.4, 0.5) is 5.69 Å². The summed E-state index contributed by atoms with van der Waals surface area (Å²) in [6.45, 7) is 0.390. The molecule has 7 heteroatoms. The molecule has 2 N–H and O–H groups in total. The molecule has 1 saturated heterocycles. The summed E-state index contributed by atoms with van der Waals surface area (Å²) < 4.78 is 5.33. The standard InChI is InChI=1S/C23H21N3O3S/c1-29-19-12-5-3-8-16(19)14-24-23-26-22(28)20(30-23)13-21(27)25-18-11-6-9-15-7-2-4-10-17(15)18/h2-12,20H,13-14H2,1H3,(H,25,27)(H,24,26,28). The van der Waals surface area contributed by atoms with E-state index in [-0.39, 0.29) is 18.2 Å². The van der Waals surface area contributed by atoms with Gasteiger partial charge in [0, 0.05) is 23.1 Å². The zero-order chi connectivity index (χ0) is 20.9. The lowest BCUT2D eigenvalue weighted by Gasteiger charge is -2.10. The number of benzene rings is 3. The summed E-state index contributed by atoms with van der Waals surface area (Å²) in [5, 5.41) is 7.73. The Hall–Kier alpha value is -3.32. The molecule has 0 saturated carbocycles. The number of anilines is 1. The summed E-state index contributed by atoms with van der Waals surface area (Å²) in [4.78, 5) is 29.3. The van der Waals surface area contributed by atoms with Gasteiger partial charge in [-0.3, -0.25) is 14.6 Å². The molecule has 3 aromatic carbocycles. The highest BCUT2D eigenvalue weighted by atomic mass is 32.2. The average molecular weight is 420 g/mol. The van der Waals surface area contributed by atoms with Gasteiger partial charge in [-0.05, 0) is 17.5 Å². The zero-order valence-corrected chi connectivity index (χ0v) is 17.2. The largest absolute Gasteiger partial charge is 0.496 e. The van der Waals surface area contributed by atoms with Gasteiger partial charge in [0.15, 0.2) is 5.17 Å². The van der Waals surface area contributed by atoms with Crippen LogP contribution in [0.15, 0.2) is 71.7 Å². The summed E-state index contributed by atoms with van der Waals surface area (Å²) in [6.07, 6.45) is 0.0768. The molecular formula is C23H21N3O3S. The number of thioether (sulfide) groups is 1. The number of ether oxygens (including phenoxy) is 1. The van der Waals surface area contributed by atoms with Crippen molar-refractivity contribution >= 4 is 45.2 Å². The van der Waals surface area contributed by atoms with Crippen molar-refractivity contribution in [2.75, 3.05) is 12.4 Å². The second kappa shape index (κ2) is 9.00. The first-order valence-corrected chi connectivity index (χ1v) is 10.4. The number of rotatable bonds is 6. The second-order valence-electron chi connectivity index (χ2n) is 6.81. The van der Waals surface area contributed by atoms with Crippen molar-refractivity contribution in [1.82, 2.24) is 5.32 Å². The predicted octanol–water partition coefficient (Wildman–Crippen LogP) is 3.96. The molecule has 0 spiro atoms. The lowest BCUT2D eigenvalue weighted by molar-refractivity contribution is -0.122. The maximum absolute atomic E-state index is 12.6. The Morgan fingerprint density at radius 2 is 1.87 bits per heavy atom. The molecule has 2 amide bonds. The Labute approximate surface area is 178 Å². The molecule has 1 aliphatic heterocycles. The highest BCUT2D eigenvalue weighted by Crippen LogP contribution is 2.26. The number of amidine groups is 1. The topological polar surface area (TPSA) is 79.8 Å². The third-order valence-corrected chi connectivity index (χ3v) is 5.92. The number of methoxy groups -OCH3 is 1. The molecule has 30 heavy (non-hydrogen) atoms. The molecule has 3 aromatic rings. The Bertz CT molecular complexity index is 1120. The normalized spacial score (nSPS) is 17.2. The minimum absolute atomic E-state index is 0.0768. The van der Waals surface area contributed by atoms with E-state index in [1.165, 1.54) is 11.8 Å². The second-order valence-corrected chi connectivity index (χ2v) is 8.00. The molecule has 4 rings (SSSR count). The Morgan fingerprint density at radius 1 is 1.10 bits per heavy atom. The van der Waals surface area contributed by atoms with E-state index in [9.17, 15) is 9.59 Å². The van der Waals surface area contributed by atoms with Crippen LogP contribution in [0.1, 0.15) is 12.0 Å². The number of hydrogen-bond acceptors (Lipinski definition) is 5. The minimum atomic E-state index is -0.503. The lowest BCUT2D eigenvalue weighted by Crippen LogP contribution is -2.28.